The van der Waals surface area contributed by atoms with Crippen molar-refractivity contribution in [3.05, 3.63) is 80.5 Å². The zero-order valence-electron chi connectivity index (χ0n) is 19.6. The molecular formula is C26H4N14. The van der Waals surface area contributed by atoms with Crippen molar-refractivity contribution >= 4 is 22.2 Å². The summed E-state index contributed by atoms with van der Waals surface area (Å²) in [5.74, 6) is -0.873. The van der Waals surface area contributed by atoms with Gasteiger partial charge < -0.3 is 0 Å². The van der Waals surface area contributed by atoms with Crippen LogP contribution in [0.25, 0.3) is 22.2 Å². The summed E-state index contributed by atoms with van der Waals surface area (Å²) in [4.78, 5) is 23.8. The molecule has 0 unspecified atom stereocenters. The molecule has 0 saturated carbocycles. The number of aromatic nitrogens is 6. The largest absolute Gasteiger partial charge is 0.252 e. The van der Waals surface area contributed by atoms with E-state index in [0.717, 1.165) is 0 Å². The van der Waals surface area contributed by atoms with Crippen LogP contribution in [0, 0.1) is 90.6 Å². The third-order valence-electron chi connectivity index (χ3n) is 5.33. The van der Waals surface area contributed by atoms with Crippen molar-refractivity contribution in [2.24, 2.45) is 0 Å². The fraction of sp³-hybridized carbons (Fsp3) is 0. The first-order valence-electron chi connectivity index (χ1n) is 10.5. The second-order valence-corrected chi connectivity index (χ2v) is 7.30. The standard InChI is InChI=1S/C26H4N14/c27-5-15(23-17(7-29)37-21(11-33)38-18(23)8-30)13-1-2-14(26-25(13)35-3-4-36-26)16(6-28)24-19(9-31)39-22(12-34)40-20(24)10-32/h1-4H/b15-13+,16-14+. The van der Waals surface area contributed by atoms with E-state index in [1.54, 1.807) is 36.4 Å². The van der Waals surface area contributed by atoms with Crippen molar-refractivity contribution < 1.29 is 0 Å². The molecule has 178 valence electrons. The second-order valence-electron chi connectivity index (χ2n) is 7.30. The minimum Gasteiger partial charge on any atom is -0.252 e. The molecule has 3 aromatic heterocycles. The summed E-state index contributed by atoms with van der Waals surface area (Å²) in [6.45, 7) is 0. The van der Waals surface area contributed by atoms with E-state index in [-0.39, 0.29) is 43.7 Å². The Morgan fingerprint density at radius 1 is 0.475 bits per heavy atom. The molecular weight excluding hydrogens is 508 g/mol. The summed E-state index contributed by atoms with van der Waals surface area (Å²) in [6.07, 6.45) is 2.60. The molecule has 4 aromatic rings. The van der Waals surface area contributed by atoms with Gasteiger partial charge in [0.1, 0.15) is 48.6 Å². The van der Waals surface area contributed by atoms with Gasteiger partial charge in [0.15, 0.2) is 22.8 Å². The molecule has 0 amide bonds. The lowest BCUT2D eigenvalue weighted by Crippen LogP contribution is -2.20. The zero-order chi connectivity index (χ0) is 28.8. The number of rotatable bonds is 2. The number of nitriles is 8. The summed E-state index contributed by atoms with van der Waals surface area (Å²) in [6, 6.07) is 17.0. The minimum absolute atomic E-state index is 0.0491. The second kappa shape index (κ2) is 10.6. The molecule has 0 spiro atoms. The van der Waals surface area contributed by atoms with Crippen LogP contribution < -0.4 is 10.4 Å². The van der Waals surface area contributed by atoms with E-state index < -0.39 is 34.4 Å². The van der Waals surface area contributed by atoms with Gasteiger partial charge in [-0.1, -0.05) is 12.1 Å². The lowest BCUT2D eigenvalue weighted by Gasteiger charge is -2.08. The molecule has 40 heavy (non-hydrogen) atoms. The zero-order valence-corrected chi connectivity index (χ0v) is 19.6. The van der Waals surface area contributed by atoms with Crippen molar-refractivity contribution in [3.8, 4) is 48.6 Å². The van der Waals surface area contributed by atoms with Crippen LogP contribution in [0.3, 0.4) is 0 Å². The van der Waals surface area contributed by atoms with E-state index in [1.165, 1.54) is 24.5 Å². The van der Waals surface area contributed by atoms with Gasteiger partial charge in [-0.25, -0.2) is 19.9 Å². The molecule has 0 fully saturated rings. The fourth-order valence-corrected chi connectivity index (χ4v) is 3.78. The van der Waals surface area contributed by atoms with Crippen molar-refractivity contribution in [1.82, 2.24) is 29.9 Å². The number of benzene rings is 1. The van der Waals surface area contributed by atoms with Gasteiger partial charge in [0.2, 0.25) is 11.6 Å². The highest BCUT2D eigenvalue weighted by atomic mass is 14.9. The van der Waals surface area contributed by atoms with Crippen LogP contribution in [0.15, 0.2) is 24.5 Å². The van der Waals surface area contributed by atoms with E-state index in [1.807, 2.05) is 12.1 Å². The van der Waals surface area contributed by atoms with Crippen molar-refractivity contribution in [2.45, 2.75) is 0 Å². The molecule has 0 radical (unpaired) electrons. The normalized spacial score (nSPS) is 11.1. The highest BCUT2D eigenvalue weighted by molar-refractivity contribution is 5.91. The van der Waals surface area contributed by atoms with Crippen LogP contribution in [0.2, 0.25) is 0 Å². The van der Waals surface area contributed by atoms with E-state index in [9.17, 15) is 31.6 Å². The predicted octanol–water partition coefficient (Wildman–Crippen LogP) is -0.115. The van der Waals surface area contributed by atoms with Crippen LogP contribution in [0.4, 0.5) is 0 Å². The summed E-state index contributed by atoms with van der Waals surface area (Å²) in [5.41, 5.74) is -2.38. The quantitative estimate of drug-likeness (QED) is 0.339. The Bertz CT molecular complexity index is 2030. The number of hydrogen-bond acceptors (Lipinski definition) is 14. The Balaban J connectivity index is 2.26. The smallest absolute Gasteiger partial charge is 0.234 e. The molecule has 1 aromatic carbocycles. The highest BCUT2D eigenvalue weighted by Crippen LogP contribution is 2.21. The molecule has 0 N–H and O–H groups in total. The SMILES string of the molecule is N#C/C(c1c(C#N)nc(C#N)nc1C#N)=c1/cc/c(=C(/C#N)c2c(C#N)nc(C#N)nc2C#N)c2nccnc12. The van der Waals surface area contributed by atoms with E-state index >= 15 is 0 Å². The van der Waals surface area contributed by atoms with E-state index in [4.69, 9.17) is 10.5 Å². The van der Waals surface area contributed by atoms with Crippen molar-refractivity contribution in [3.63, 3.8) is 0 Å². The number of nitrogens with zero attached hydrogens (tertiary/aromatic N) is 14. The Morgan fingerprint density at radius 3 is 1.05 bits per heavy atom. The average molecular weight is 512 g/mol. The summed E-state index contributed by atoms with van der Waals surface area (Å²) < 4.78 is 0. The monoisotopic (exact) mass is 512 g/mol. The molecule has 0 aliphatic carbocycles. The third kappa shape index (κ3) is 4.06. The molecule has 14 nitrogen and oxygen atoms in total. The van der Waals surface area contributed by atoms with Gasteiger partial charge in [0, 0.05) is 22.8 Å². The maximum atomic E-state index is 10.1. The van der Waals surface area contributed by atoms with E-state index in [0.29, 0.717) is 0 Å². The van der Waals surface area contributed by atoms with Gasteiger partial charge in [-0.15, -0.1) is 0 Å². The van der Waals surface area contributed by atoms with Gasteiger partial charge in [0.05, 0.1) is 33.3 Å². The van der Waals surface area contributed by atoms with Crippen LogP contribution in [0.5, 0.6) is 0 Å². The molecule has 0 aliphatic rings. The first kappa shape index (κ1) is 25.5. The molecule has 0 aliphatic heterocycles. The van der Waals surface area contributed by atoms with Crippen LogP contribution in [-0.4, -0.2) is 29.9 Å². The summed E-state index contributed by atoms with van der Waals surface area (Å²) in [5, 5.41) is 77.2. The Hall–Kier alpha value is -7.62. The summed E-state index contributed by atoms with van der Waals surface area (Å²) in [7, 11) is 0. The van der Waals surface area contributed by atoms with Crippen molar-refractivity contribution in [1.29, 1.82) is 42.1 Å². The first-order chi connectivity index (χ1) is 19.5. The predicted molar refractivity (Wildman–Crippen MR) is 127 cm³/mol. The molecule has 0 bridgehead atoms. The Morgan fingerprint density at radius 2 is 0.800 bits per heavy atom. The molecule has 0 atom stereocenters. The molecule has 4 rings (SSSR count). The Kier molecular flexibility index (Phi) is 6.72. The maximum absolute atomic E-state index is 10.1. The fourth-order valence-electron chi connectivity index (χ4n) is 3.78. The molecule has 14 heteroatoms. The van der Waals surface area contributed by atoms with Gasteiger partial charge in [-0.2, -0.15) is 42.1 Å². The van der Waals surface area contributed by atoms with Crippen LogP contribution in [-0.2, 0) is 0 Å². The van der Waals surface area contributed by atoms with Gasteiger partial charge in [-0.3, -0.25) is 9.97 Å². The summed E-state index contributed by atoms with van der Waals surface area (Å²) >= 11 is 0. The van der Waals surface area contributed by atoms with Gasteiger partial charge in [-0.05, 0) is 0 Å². The maximum Gasteiger partial charge on any atom is 0.234 e. The van der Waals surface area contributed by atoms with Crippen LogP contribution >= 0.6 is 0 Å². The molecule has 3 heterocycles. The average Bonchev–Trinajstić information content (AvgIpc) is 3.01. The minimum atomic E-state index is -0.436. The first-order valence-corrected chi connectivity index (χ1v) is 10.5. The van der Waals surface area contributed by atoms with Crippen molar-refractivity contribution in [2.75, 3.05) is 0 Å². The van der Waals surface area contributed by atoms with Gasteiger partial charge in [0.25, 0.3) is 0 Å². The lowest BCUT2D eigenvalue weighted by molar-refractivity contribution is 1.06. The Labute approximate surface area is 223 Å². The lowest BCUT2D eigenvalue weighted by atomic mass is 9.97. The molecule has 0 saturated heterocycles. The van der Waals surface area contributed by atoms with Gasteiger partial charge >= 0.3 is 0 Å². The highest BCUT2D eigenvalue weighted by Gasteiger charge is 2.22. The number of hydrogen-bond donors (Lipinski definition) is 0. The number of fused-ring (bicyclic) bond motifs is 1. The third-order valence-corrected chi connectivity index (χ3v) is 5.33. The topological polar surface area (TPSA) is 268 Å². The van der Waals surface area contributed by atoms with Crippen LogP contribution in [0.1, 0.15) is 45.6 Å². The van der Waals surface area contributed by atoms with E-state index in [2.05, 4.69) is 29.9 Å².